The number of hydrogen-bond acceptors (Lipinski definition) is 3. The number of aryl methyl sites for hydroxylation is 1. The molecule has 2 heterocycles. The smallest absolute Gasteiger partial charge is 0.225 e. The molecule has 1 aromatic carbocycles. The highest BCUT2D eigenvalue weighted by Crippen LogP contribution is 2.18. The van der Waals surface area contributed by atoms with Crippen molar-refractivity contribution < 1.29 is 4.79 Å². The summed E-state index contributed by atoms with van der Waals surface area (Å²) in [6, 6.07) is 12.1. The van der Waals surface area contributed by atoms with Crippen LogP contribution in [0.5, 0.6) is 0 Å². The van der Waals surface area contributed by atoms with Crippen molar-refractivity contribution in [2.24, 2.45) is 0 Å². The molecule has 0 saturated heterocycles. The van der Waals surface area contributed by atoms with Crippen LogP contribution in [0.2, 0.25) is 0 Å². The van der Waals surface area contributed by atoms with E-state index in [0.29, 0.717) is 13.0 Å². The van der Waals surface area contributed by atoms with Crippen molar-refractivity contribution in [2.45, 2.75) is 32.9 Å². The van der Waals surface area contributed by atoms with Crippen molar-refractivity contribution in [2.75, 3.05) is 0 Å². The lowest BCUT2D eigenvalue weighted by Gasteiger charge is -2.02. The number of aromatic nitrogens is 2. The van der Waals surface area contributed by atoms with Crippen LogP contribution in [0.15, 0.2) is 41.8 Å². The van der Waals surface area contributed by atoms with Crippen LogP contribution < -0.4 is 5.32 Å². The van der Waals surface area contributed by atoms with E-state index in [4.69, 9.17) is 0 Å². The fourth-order valence-corrected chi connectivity index (χ4v) is 3.23. The first kappa shape index (κ1) is 14.8. The molecule has 5 heteroatoms. The maximum atomic E-state index is 12.0. The molecule has 0 saturated carbocycles. The molecule has 1 N–H and O–H groups in total. The van der Waals surface area contributed by atoms with Gasteiger partial charge in [0.2, 0.25) is 5.91 Å². The minimum Gasteiger partial charge on any atom is -0.350 e. The van der Waals surface area contributed by atoms with Crippen LogP contribution in [0.25, 0.3) is 10.9 Å². The van der Waals surface area contributed by atoms with Gasteiger partial charge in [-0.15, -0.1) is 11.3 Å². The van der Waals surface area contributed by atoms with E-state index in [1.54, 1.807) is 11.3 Å². The number of carbonyl (C=O) groups is 1. The fraction of sp³-hybridized carbons (Fsp3) is 0.294. The third-order valence-electron chi connectivity index (χ3n) is 3.54. The van der Waals surface area contributed by atoms with Crippen LogP contribution in [-0.4, -0.2) is 15.7 Å². The topological polar surface area (TPSA) is 46.9 Å². The van der Waals surface area contributed by atoms with Crippen molar-refractivity contribution in [3.63, 3.8) is 0 Å². The lowest BCUT2D eigenvalue weighted by atomic mass is 10.2. The van der Waals surface area contributed by atoms with Gasteiger partial charge >= 0.3 is 0 Å². The van der Waals surface area contributed by atoms with Gasteiger partial charge in [0.05, 0.1) is 24.2 Å². The third-order valence-corrected chi connectivity index (χ3v) is 4.41. The van der Waals surface area contributed by atoms with Crippen molar-refractivity contribution in [1.82, 2.24) is 15.1 Å². The number of nitrogens with zero attached hydrogens (tertiary/aromatic N) is 2. The summed E-state index contributed by atoms with van der Waals surface area (Å²) in [5, 5.41) is 10.7. The molecule has 0 unspecified atom stereocenters. The number of thiophene rings is 1. The summed E-state index contributed by atoms with van der Waals surface area (Å²) < 4.78 is 2.02. The second-order valence-corrected chi connectivity index (χ2v) is 6.25. The molecule has 22 heavy (non-hydrogen) atoms. The highest BCUT2D eigenvalue weighted by atomic mass is 32.1. The number of rotatable bonds is 6. The molecule has 1 amide bonds. The Kier molecular flexibility index (Phi) is 4.53. The first-order valence-corrected chi connectivity index (χ1v) is 8.39. The maximum Gasteiger partial charge on any atom is 0.225 e. The van der Waals surface area contributed by atoms with Gasteiger partial charge in [-0.1, -0.05) is 31.2 Å². The SMILES string of the molecule is CCCn1nc(CNC(=O)Cc2cccs2)c2ccccc21. The molecule has 114 valence electrons. The van der Waals surface area contributed by atoms with Gasteiger partial charge in [0.25, 0.3) is 0 Å². The molecule has 0 aliphatic rings. The average Bonchev–Trinajstić information content (AvgIpc) is 3.14. The molecule has 0 fully saturated rings. The zero-order chi connectivity index (χ0) is 15.4. The standard InChI is InChI=1S/C17H19N3OS/c1-2-9-20-16-8-4-3-7-14(16)15(19-20)12-18-17(21)11-13-6-5-10-22-13/h3-8,10H,2,9,11-12H2,1H3,(H,18,21). The van der Waals surface area contributed by atoms with Crippen LogP contribution in [-0.2, 0) is 24.3 Å². The molecule has 0 aliphatic heterocycles. The van der Waals surface area contributed by atoms with Crippen molar-refractivity contribution >= 4 is 28.1 Å². The van der Waals surface area contributed by atoms with E-state index in [9.17, 15) is 4.79 Å². The Labute approximate surface area is 133 Å². The van der Waals surface area contributed by atoms with Gasteiger partial charge in [-0.05, 0) is 23.9 Å². The molecule has 2 aromatic heterocycles. The monoisotopic (exact) mass is 313 g/mol. The van der Waals surface area contributed by atoms with Crippen molar-refractivity contribution in [1.29, 1.82) is 0 Å². The summed E-state index contributed by atoms with van der Waals surface area (Å²) in [7, 11) is 0. The van der Waals surface area contributed by atoms with Crippen LogP contribution in [0, 0.1) is 0 Å². The first-order chi connectivity index (χ1) is 10.8. The molecule has 0 bridgehead atoms. The Bertz CT molecular complexity index is 761. The minimum atomic E-state index is 0.0385. The highest BCUT2D eigenvalue weighted by Gasteiger charge is 2.11. The lowest BCUT2D eigenvalue weighted by molar-refractivity contribution is -0.120. The maximum absolute atomic E-state index is 12.0. The highest BCUT2D eigenvalue weighted by molar-refractivity contribution is 7.10. The average molecular weight is 313 g/mol. The lowest BCUT2D eigenvalue weighted by Crippen LogP contribution is -2.24. The quantitative estimate of drug-likeness (QED) is 0.758. The number of amides is 1. The predicted molar refractivity (Wildman–Crippen MR) is 89.9 cm³/mol. The predicted octanol–water partition coefficient (Wildman–Crippen LogP) is 3.37. The Morgan fingerprint density at radius 2 is 2.14 bits per heavy atom. The zero-order valence-electron chi connectivity index (χ0n) is 12.6. The minimum absolute atomic E-state index is 0.0385. The van der Waals surface area contributed by atoms with Gasteiger partial charge in [0.15, 0.2) is 0 Å². The number of fused-ring (bicyclic) bond motifs is 1. The van der Waals surface area contributed by atoms with Crippen LogP contribution >= 0.6 is 11.3 Å². The summed E-state index contributed by atoms with van der Waals surface area (Å²) in [5.41, 5.74) is 2.07. The van der Waals surface area contributed by atoms with Crippen molar-refractivity contribution in [3.8, 4) is 0 Å². The van der Waals surface area contributed by atoms with Crippen LogP contribution in [0.3, 0.4) is 0 Å². The number of benzene rings is 1. The largest absolute Gasteiger partial charge is 0.350 e. The molecule has 0 spiro atoms. The van der Waals surface area contributed by atoms with E-state index in [1.807, 2.05) is 34.3 Å². The third kappa shape index (κ3) is 3.20. The molecular weight excluding hydrogens is 294 g/mol. The van der Waals surface area contributed by atoms with Gasteiger partial charge in [-0.25, -0.2) is 0 Å². The molecular formula is C17H19N3OS. The Morgan fingerprint density at radius 1 is 1.27 bits per heavy atom. The fourth-order valence-electron chi connectivity index (χ4n) is 2.53. The van der Waals surface area contributed by atoms with E-state index in [0.717, 1.165) is 34.4 Å². The Morgan fingerprint density at radius 3 is 2.91 bits per heavy atom. The number of para-hydroxylation sites is 1. The molecule has 0 atom stereocenters. The van der Waals surface area contributed by atoms with Gasteiger partial charge < -0.3 is 5.32 Å². The summed E-state index contributed by atoms with van der Waals surface area (Å²) in [6.07, 6.45) is 1.47. The summed E-state index contributed by atoms with van der Waals surface area (Å²) in [6.45, 7) is 3.50. The molecule has 0 aliphatic carbocycles. The Balaban J connectivity index is 1.72. The zero-order valence-corrected chi connectivity index (χ0v) is 13.4. The van der Waals surface area contributed by atoms with Crippen LogP contribution in [0.4, 0.5) is 0 Å². The second-order valence-electron chi connectivity index (χ2n) is 5.22. The van der Waals surface area contributed by atoms with Crippen molar-refractivity contribution in [3.05, 3.63) is 52.3 Å². The van der Waals surface area contributed by atoms with E-state index >= 15 is 0 Å². The first-order valence-electron chi connectivity index (χ1n) is 7.51. The second kappa shape index (κ2) is 6.75. The molecule has 3 aromatic rings. The summed E-state index contributed by atoms with van der Waals surface area (Å²) in [4.78, 5) is 13.1. The van der Waals surface area contributed by atoms with E-state index in [-0.39, 0.29) is 5.91 Å². The van der Waals surface area contributed by atoms with Gasteiger partial charge in [-0.2, -0.15) is 5.10 Å². The molecule has 4 nitrogen and oxygen atoms in total. The van der Waals surface area contributed by atoms with Gasteiger partial charge in [0.1, 0.15) is 0 Å². The molecule has 0 radical (unpaired) electrons. The van der Waals surface area contributed by atoms with E-state index in [1.165, 1.54) is 0 Å². The van der Waals surface area contributed by atoms with Crippen LogP contribution in [0.1, 0.15) is 23.9 Å². The summed E-state index contributed by atoms with van der Waals surface area (Å²) in [5.74, 6) is 0.0385. The number of carbonyl (C=O) groups excluding carboxylic acids is 1. The summed E-state index contributed by atoms with van der Waals surface area (Å²) >= 11 is 1.61. The van der Waals surface area contributed by atoms with E-state index < -0.39 is 0 Å². The van der Waals surface area contributed by atoms with E-state index in [2.05, 4.69) is 29.5 Å². The normalized spacial score (nSPS) is 11.0. The Hall–Kier alpha value is -2.14. The number of hydrogen-bond donors (Lipinski definition) is 1. The number of nitrogens with one attached hydrogen (secondary N) is 1. The van der Waals surface area contributed by atoms with Gasteiger partial charge in [-0.3, -0.25) is 9.48 Å². The van der Waals surface area contributed by atoms with Gasteiger partial charge in [0, 0.05) is 16.8 Å². The molecule has 3 rings (SSSR count).